The number of aliphatic hydroxyl groups excluding tert-OH is 1. The monoisotopic (exact) mass is 326 g/mol. The van der Waals surface area contributed by atoms with E-state index in [0.717, 1.165) is 25.7 Å². The summed E-state index contributed by atoms with van der Waals surface area (Å²) in [4.78, 5) is 12.4. The Kier molecular flexibility index (Phi) is 5.19. The number of methoxy groups -OCH3 is 1. The van der Waals surface area contributed by atoms with Crippen LogP contribution in [0, 0.1) is 5.41 Å². The third-order valence-corrected chi connectivity index (χ3v) is 4.82. The molecular weight excluding hydrogens is 304 g/mol. The maximum absolute atomic E-state index is 12.4. The fourth-order valence-electron chi connectivity index (χ4n) is 2.88. The van der Waals surface area contributed by atoms with E-state index < -0.39 is 6.10 Å². The van der Waals surface area contributed by atoms with Gasteiger partial charge in [0.1, 0.15) is 5.75 Å². The summed E-state index contributed by atoms with van der Waals surface area (Å²) in [6, 6.07) is 3.04. The minimum atomic E-state index is -0.390. The topological polar surface area (TPSA) is 84.6 Å². The number of rotatable bonds is 4. The summed E-state index contributed by atoms with van der Waals surface area (Å²) in [5.74, 6) is 0.103. The van der Waals surface area contributed by atoms with Crippen molar-refractivity contribution in [1.29, 1.82) is 0 Å². The lowest BCUT2D eigenvalue weighted by Gasteiger charge is -2.38. The highest BCUT2D eigenvalue weighted by Gasteiger charge is 2.35. The number of benzene rings is 1. The van der Waals surface area contributed by atoms with E-state index >= 15 is 0 Å². The van der Waals surface area contributed by atoms with Crippen LogP contribution >= 0.6 is 11.6 Å². The van der Waals surface area contributed by atoms with Crippen LogP contribution in [0.25, 0.3) is 0 Å². The van der Waals surface area contributed by atoms with E-state index in [9.17, 15) is 9.90 Å². The second-order valence-corrected chi connectivity index (χ2v) is 6.58. The van der Waals surface area contributed by atoms with Gasteiger partial charge >= 0.3 is 0 Å². The average molecular weight is 327 g/mol. The van der Waals surface area contributed by atoms with Crippen LogP contribution in [-0.4, -0.2) is 30.8 Å². The van der Waals surface area contributed by atoms with Crippen LogP contribution < -0.4 is 15.8 Å². The number of hydrogen-bond donors (Lipinski definition) is 3. The number of anilines is 1. The van der Waals surface area contributed by atoms with Crippen molar-refractivity contribution in [3.8, 4) is 5.75 Å². The molecule has 0 radical (unpaired) electrons. The van der Waals surface area contributed by atoms with Crippen molar-refractivity contribution in [3.63, 3.8) is 0 Å². The van der Waals surface area contributed by atoms with E-state index in [1.165, 1.54) is 19.2 Å². The molecule has 2 rings (SSSR count). The van der Waals surface area contributed by atoms with Gasteiger partial charge in [0.15, 0.2) is 0 Å². The summed E-state index contributed by atoms with van der Waals surface area (Å²) >= 11 is 5.99. The number of hydrogen-bond acceptors (Lipinski definition) is 4. The number of amides is 1. The highest BCUT2D eigenvalue weighted by atomic mass is 35.5. The van der Waals surface area contributed by atoms with Gasteiger partial charge < -0.3 is 20.9 Å². The molecule has 122 valence electrons. The third-order valence-electron chi connectivity index (χ3n) is 4.50. The van der Waals surface area contributed by atoms with Crippen molar-refractivity contribution < 1.29 is 14.6 Å². The van der Waals surface area contributed by atoms with Crippen molar-refractivity contribution in [2.24, 2.45) is 5.41 Å². The van der Waals surface area contributed by atoms with Gasteiger partial charge in [0.25, 0.3) is 5.91 Å². The van der Waals surface area contributed by atoms with Crippen LogP contribution in [0.4, 0.5) is 5.69 Å². The molecule has 5 nitrogen and oxygen atoms in total. The molecule has 1 aromatic rings. The zero-order valence-corrected chi connectivity index (χ0v) is 13.7. The Morgan fingerprint density at radius 2 is 2.27 bits per heavy atom. The molecule has 4 N–H and O–H groups in total. The summed E-state index contributed by atoms with van der Waals surface area (Å²) in [6.07, 6.45) is 3.39. The first-order valence-corrected chi connectivity index (χ1v) is 7.84. The number of ether oxygens (including phenoxy) is 1. The Bertz CT molecular complexity index is 565. The smallest absolute Gasteiger partial charge is 0.255 e. The van der Waals surface area contributed by atoms with Crippen LogP contribution in [0.1, 0.15) is 43.0 Å². The van der Waals surface area contributed by atoms with Crippen LogP contribution in [0.2, 0.25) is 5.02 Å². The Labute approximate surface area is 135 Å². The number of nitrogen functional groups attached to an aromatic ring is 1. The molecule has 0 saturated heterocycles. The standard InChI is InChI=1S/C16H23ClN2O3/c1-16(6-4-3-5-14(16)20)9-19-15(21)10-7-11(17)12(18)8-13(10)22-2/h7-8,14,20H,3-6,9,18H2,1-2H3,(H,19,21). The fourth-order valence-corrected chi connectivity index (χ4v) is 3.04. The number of carbonyl (C=O) groups excluding carboxylic acids is 1. The zero-order valence-electron chi connectivity index (χ0n) is 13.0. The number of aliphatic hydroxyl groups is 1. The van der Waals surface area contributed by atoms with Crippen molar-refractivity contribution in [2.75, 3.05) is 19.4 Å². The van der Waals surface area contributed by atoms with Crippen molar-refractivity contribution in [3.05, 3.63) is 22.7 Å². The highest BCUT2D eigenvalue weighted by Crippen LogP contribution is 2.36. The molecule has 0 aromatic heterocycles. The van der Waals surface area contributed by atoms with E-state index in [2.05, 4.69) is 5.32 Å². The lowest BCUT2D eigenvalue weighted by Crippen LogP contribution is -2.45. The number of nitrogens with two attached hydrogens (primary N) is 1. The van der Waals surface area contributed by atoms with Crippen molar-refractivity contribution in [2.45, 2.75) is 38.7 Å². The molecule has 0 bridgehead atoms. The minimum absolute atomic E-state index is 0.280. The Hall–Kier alpha value is -1.46. The maximum atomic E-state index is 12.4. The van der Waals surface area contributed by atoms with E-state index in [1.54, 1.807) is 0 Å². The maximum Gasteiger partial charge on any atom is 0.255 e. The molecule has 0 spiro atoms. The molecule has 1 saturated carbocycles. The van der Waals surface area contributed by atoms with E-state index in [-0.39, 0.29) is 11.3 Å². The summed E-state index contributed by atoms with van der Waals surface area (Å²) in [7, 11) is 1.48. The SMILES string of the molecule is COc1cc(N)c(Cl)cc1C(=O)NCC1(C)CCCCC1O. The quantitative estimate of drug-likeness (QED) is 0.742. The second kappa shape index (κ2) is 6.75. The van der Waals surface area contributed by atoms with Crippen LogP contribution in [0.5, 0.6) is 5.75 Å². The Morgan fingerprint density at radius 1 is 1.55 bits per heavy atom. The third kappa shape index (κ3) is 3.47. The molecule has 1 amide bonds. The molecule has 2 unspecified atom stereocenters. The first kappa shape index (κ1) is 16.9. The lowest BCUT2D eigenvalue weighted by molar-refractivity contribution is 0.00189. The van der Waals surface area contributed by atoms with Crippen molar-refractivity contribution >= 4 is 23.2 Å². The molecule has 1 aliphatic rings. The van der Waals surface area contributed by atoms with Gasteiger partial charge in [-0.05, 0) is 18.9 Å². The van der Waals surface area contributed by atoms with Gasteiger partial charge in [0.2, 0.25) is 0 Å². The normalized spacial score (nSPS) is 24.8. The Morgan fingerprint density at radius 3 is 2.91 bits per heavy atom. The van der Waals surface area contributed by atoms with Gasteiger partial charge in [-0.25, -0.2) is 0 Å². The van der Waals surface area contributed by atoms with Crippen LogP contribution in [-0.2, 0) is 0 Å². The summed E-state index contributed by atoms with van der Waals surface area (Å²) in [5.41, 5.74) is 6.13. The predicted octanol–water partition coefficient (Wildman–Crippen LogP) is 2.60. The lowest BCUT2D eigenvalue weighted by atomic mass is 9.73. The molecule has 0 heterocycles. The highest BCUT2D eigenvalue weighted by molar-refractivity contribution is 6.33. The van der Waals surface area contributed by atoms with Gasteiger partial charge in [-0.3, -0.25) is 4.79 Å². The first-order chi connectivity index (χ1) is 10.4. The summed E-state index contributed by atoms with van der Waals surface area (Å²) in [5, 5.41) is 13.4. The van der Waals surface area contributed by atoms with Gasteiger partial charge in [0, 0.05) is 18.0 Å². The van der Waals surface area contributed by atoms with Crippen molar-refractivity contribution in [1.82, 2.24) is 5.32 Å². The number of halogens is 1. The van der Waals surface area contributed by atoms with Gasteiger partial charge in [-0.1, -0.05) is 31.4 Å². The first-order valence-electron chi connectivity index (χ1n) is 7.46. The van der Waals surface area contributed by atoms with Gasteiger partial charge in [-0.2, -0.15) is 0 Å². The van der Waals surface area contributed by atoms with Gasteiger partial charge in [-0.15, -0.1) is 0 Å². The van der Waals surface area contributed by atoms with Crippen LogP contribution in [0.3, 0.4) is 0 Å². The van der Waals surface area contributed by atoms with Crippen LogP contribution in [0.15, 0.2) is 12.1 Å². The Balaban J connectivity index is 2.11. The molecule has 6 heteroatoms. The molecular formula is C16H23ClN2O3. The van der Waals surface area contributed by atoms with E-state index in [4.69, 9.17) is 22.1 Å². The largest absolute Gasteiger partial charge is 0.496 e. The molecule has 0 aliphatic heterocycles. The minimum Gasteiger partial charge on any atom is -0.496 e. The van der Waals surface area contributed by atoms with E-state index in [0.29, 0.717) is 28.6 Å². The number of nitrogens with one attached hydrogen (secondary N) is 1. The molecule has 1 aliphatic carbocycles. The molecule has 1 fully saturated rings. The molecule has 22 heavy (non-hydrogen) atoms. The fraction of sp³-hybridized carbons (Fsp3) is 0.562. The molecule has 2 atom stereocenters. The molecule has 1 aromatic carbocycles. The van der Waals surface area contributed by atoms with E-state index in [1.807, 2.05) is 6.92 Å². The predicted molar refractivity (Wildman–Crippen MR) is 87.3 cm³/mol. The summed E-state index contributed by atoms with van der Waals surface area (Å²) < 4.78 is 5.19. The second-order valence-electron chi connectivity index (χ2n) is 6.17. The zero-order chi connectivity index (χ0) is 16.3. The average Bonchev–Trinajstić information content (AvgIpc) is 2.50. The number of carbonyl (C=O) groups is 1. The van der Waals surface area contributed by atoms with Gasteiger partial charge in [0.05, 0.1) is 29.5 Å². The summed E-state index contributed by atoms with van der Waals surface area (Å²) in [6.45, 7) is 2.42.